The second kappa shape index (κ2) is 9.30. The van der Waals surface area contributed by atoms with Crippen LogP contribution in [0, 0.1) is 5.92 Å². The highest BCUT2D eigenvalue weighted by molar-refractivity contribution is 7.98. The second-order valence-electron chi connectivity index (χ2n) is 5.93. The number of rotatable bonds is 9. The fourth-order valence-electron chi connectivity index (χ4n) is 2.09. The Morgan fingerprint density at radius 1 is 1.15 bits per heavy atom. The Kier molecular flexibility index (Phi) is 8.08. The molecule has 20 heavy (non-hydrogen) atoms. The van der Waals surface area contributed by atoms with Crippen LogP contribution in [0.1, 0.15) is 32.8 Å². The van der Waals surface area contributed by atoms with Gasteiger partial charge >= 0.3 is 0 Å². The molecule has 1 aromatic rings. The maximum absolute atomic E-state index is 3.48. The van der Waals surface area contributed by atoms with Gasteiger partial charge in [-0.25, -0.2) is 0 Å². The van der Waals surface area contributed by atoms with Crippen molar-refractivity contribution in [3.63, 3.8) is 0 Å². The molecule has 1 rings (SSSR count). The van der Waals surface area contributed by atoms with Crippen molar-refractivity contribution in [1.82, 2.24) is 5.32 Å². The molecule has 0 amide bonds. The molecule has 3 heteroatoms. The van der Waals surface area contributed by atoms with E-state index in [0.29, 0.717) is 12.0 Å². The predicted octanol–water partition coefficient (Wildman–Crippen LogP) is 4.01. The second-order valence-corrected chi connectivity index (χ2v) is 6.92. The standard InChI is InChI=1S/C17H30N2S/c1-14(2)12-18-13-16-6-8-17(9-7-16)19(4)15(3)10-11-20-5/h6-9,14-15,18H,10-13H2,1-5H3. The van der Waals surface area contributed by atoms with E-state index in [-0.39, 0.29) is 0 Å². The summed E-state index contributed by atoms with van der Waals surface area (Å²) in [7, 11) is 2.19. The van der Waals surface area contributed by atoms with E-state index in [1.165, 1.54) is 23.4 Å². The Balaban J connectivity index is 2.48. The maximum atomic E-state index is 3.48. The molecule has 0 aliphatic carbocycles. The van der Waals surface area contributed by atoms with Crippen molar-refractivity contribution >= 4 is 17.4 Å². The summed E-state index contributed by atoms with van der Waals surface area (Å²) in [5.74, 6) is 1.93. The third-order valence-electron chi connectivity index (χ3n) is 3.63. The molecule has 0 radical (unpaired) electrons. The van der Waals surface area contributed by atoms with Gasteiger partial charge < -0.3 is 10.2 Å². The lowest BCUT2D eigenvalue weighted by atomic mass is 10.1. The van der Waals surface area contributed by atoms with Crippen LogP contribution in [0.3, 0.4) is 0 Å². The van der Waals surface area contributed by atoms with E-state index in [1.807, 2.05) is 11.8 Å². The van der Waals surface area contributed by atoms with Crippen LogP contribution in [0.15, 0.2) is 24.3 Å². The molecule has 0 spiro atoms. The average Bonchev–Trinajstić information content (AvgIpc) is 2.44. The minimum atomic E-state index is 0.590. The maximum Gasteiger partial charge on any atom is 0.0366 e. The van der Waals surface area contributed by atoms with E-state index in [9.17, 15) is 0 Å². The number of hydrogen-bond donors (Lipinski definition) is 1. The van der Waals surface area contributed by atoms with E-state index in [1.54, 1.807) is 0 Å². The molecule has 1 unspecified atom stereocenters. The van der Waals surface area contributed by atoms with Gasteiger partial charge in [-0.15, -0.1) is 0 Å². The summed E-state index contributed by atoms with van der Waals surface area (Å²) in [4.78, 5) is 2.38. The van der Waals surface area contributed by atoms with E-state index >= 15 is 0 Å². The van der Waals surface area contributed by atoms with Crippen molar-refractivity contribution in [2.45, 2.75) is 39.8 Å². The summed E-state index contributed by atoms with van der Waals surface area (Å²) in [6.07, 6.45) is 3.40. The van der Waals surface area contributed by atoms with Crippen molar-refractivity contribution in [3.8, 4) is 0 Å². The summed E-state index contributed by atoms with van der Waals surface area (Å²) >= 11 is 1.92. The topological polar surface area (TPSA) is 15.3 Å². The zero-order chi connectivity index (χ0) is 15.0. The van der Waals surface area contributed by atoms with Gasteiger partial charge in [0, 0.05) is 25.3 Å². The third kappa shape index (κ3) is 6.19. The molecule has 2 nitrogen and oxygen atoms in total. The first-order valence-corrected chi connectivity index (χ1v) is 8.95. The van der Waals surface area contributed by atoms with Gasteiger partial charge in [0.1, 0.15) is 0 Å². The summed E-state index contributed by atoms with van der Waals surface area (Å²) in [5.41, 5.74) is 2.67. The van der Waals surface area contributed by atoms with Crippen LogP contribution in [-0.4, -0.2) is 31.6 Å². The molecule has 1 N–H and O–H groups in total. The van der Waals surface area contributed by atoms with Crippen molar-refractivity contribution in [3.05, 3.63) is 29.8 Å². The van der Waals surface area contributed by atoms with E-state index in [0.717, 1.165) is 13.1 Å². The van der Waals surface area contributed by atoms with Gasteiger partial charge in [0.25, 0.3) is 0 Å². The van der Waals surface area contributed by atoms with Gasteiger partial charge in [0.2, 0.25) is 0 Å². The van der Waals surface area contributed by atoms with Crippen LogP contribution in [0.2, 0.25) is 0 Å². The molecule has 0 saturated carbocycles. The SMILES string of the molecule is CSCCC(C)N(C)c1ccc(CNCC(C)C)cc1. The van der Waals surface area contributed by atoms with Gasteiger partial charge in [-0.1, -0.05) is 26.0 Å². The van der Waals surface area contributed by atoms with Crippen molar-refractivity contribution in [1.29, 1.82) is 0 Å². The number of nitrogens with one attached hydrogen (secondary N) is 1. The Labute approximate surface area is 129 Å². The number of nitrogens with zero attached hydrogens (tertiary/aromatic N) is 1. The molecule has 1 atom stereocenters. The summed E-state index contributed by atoms with van der Waals surface area (Å²) in [6, 6.07) is 9.54. The minimum Gasteiger partial charge on any atom is -0.372 e. The van der Waals surface area contributed by atoms with Gasteiger partial charge in [-0.2, -0.15) is 11.8 Å². The summed E-state index contributed by atoms with van der Waals surface area (Å²) in [6.45, 7) is 8.81. The Hall–Kier alpha value is -0.670. The number of hydrogen-bond acceptors (Lipinski definition) is 3. The highest BCUT2D eigenvalue weighted by Crippen LogP contribution is 2.18. The molecule has 114 valence electrons. The molecular formula is C17H30N2S. The van der Waals surface area contributed by atoms with Crippen LogP contribution in [-0.2, 0) is 6.54 Å². The molecule has 0 fully saturated rings. The lowest BCUT2D eigenvalue weighted by Gasteiger charge is -2.27. The van der Waals surface area contributed by atoms with Crippen molar-refractivity contribution in [2.75, 3.05) is 30.5 Å². The highest BCUT2D eigenvalue weighted by Gasteiger charge is 2.09. The normalized spacial score (nSPS) is 12.7. The molecule has 0 aromatic heterocycles. The number of anilines is 1. The zero-order valence-corrected chi connectivity index (χ0v) is 14.5. The van der Waals surface area contributed by atoms with Gasteiger partial charge in [0.05, 0.1) is 0 Å². The molecule has 0 heterocycles. The summed E-state index contributed by atoms with van der Waals surface area (Å²) in [5, 5.41) is 3.48. The average molecular weight is 295 g/mol. The molecule has 0 aliphatic heterocycles. The Morgan fingerprint density at radius 2 is 1.80 bits per heavy atom. The molecular weight excluding hydrogens is 264 g/mol. The lowest BCUT2D eigenvalue weighted by molar-refractivity contribution is 0.552. The molecule has 1 aromatic carbocycles. The van der Waals surface area contributed by atoms with Crippen LogP contribution < -0.4 is 10.2 Å². The monoisotopic (exact) mass is 294 g/mol. The van der Waals surface area contributed by atoms with Crippen LogP contribution in [0.4, 0.5) is 5.69 Å². The highest BCUT2D eigenvalue weighted by atomic mass is 32.2. The fourth-order valence-corrected chi connectivity index (χ4v) is 2.67. The summed E-state index contributed by atoms with van der Waals surface area (Å²) < 4.78 is 0. The quantitative estimate of drug-likeness (QED) is 0.741. The molecule has 0 saturated heterocycles. The smallest absolute Gasteiger partial charge is 0.0366 e. The van der Waals surface area contributed by atoms with Gasteiger partial charge in [-0.3, -0.25) is 0 Å². The minimum absolute atomic E-state index is 0.590. The number of thioether (sulfide) groups is 1. The molecule has 0 aliphatic rings. The van der Waals surface area contributed by atoms with Gasteiger partial charge in [-0.05, 0) is 55.5 Å². The van der Waals surface area contributed by atoms with E-state index in [2.05, 4.69) is 68.6 Å². The zero-order valence-electron chi connectivity index (χ0n) is 13.6. The van der Waals surface area contributed by atoms with E-state index < -0.39 is 0 Å². The Bertz CT molecular complexity index is 362. The largest absolute Gasteiger partial charge is 0.372 e. The van der Waals surface area contributed by atoms with Crippen LogP contribution in [0.5, 0.6) is 0 Å². The first kappa shape index (κ1) is 17.4. The predicted molar refractivity (Wildman–Crippen MR) is 93.9 cm³/mol. The third-order valence-corrected chi connectivity index (χ3v) is 4.27. The van der Waals surface area contributed by atoms with Gasteiger partial charge in [0.15, 0.2) is 0 Å². The van der Waals surface area contributed by atoms with Crippen molar-refractivity contribution in [2.24, 2.45) is 5.92 Å². The fraction of sp³-hybridized carbons (Fsp3) is 0.647. The lowest BCUT2D eigenvalue weighted by Crippen LogP contribution is -2.29. The first-order chi connectivity index (χ1) is 9.54. The van der Waals surface area contributed by atoms with E-state index in [4.69, 9.17) is 0 Å². The molecule has 0 bridgehead atoms. The van der Waals surface area contributed by atoms with Crippen LogP contribution >= 0.6 is 11.8 Å². The number of benzene rings is 1. The Morgan fingerprint density at radius 3 is 2.35 bits per heavy atom. The van der Waals surface area contributed by atoms with Crippen molar-refractivity contribution < 1.29 is 0 Å². The first-order valence-electron chi connectivity index (χ1n) is 7.56. The van der Waals surface area contributed by atoms with Crippen LogP contribution in [0.25, 0.3) is 0 Å².